The topological polar surface area (TPSA) is 80.5 Å². The highest BCUT2D eigenvalue weighted by molar-refractivity contribution is 6.33. The Bertz CT molecular complexity index is 551. The number of carbonyl (C=O) groups is 1. The Morgan fingerprint density at radius 2 is 2.15 bits per heavy atom. The molecule has 1 rings (SSSR count). The fraction of sp³-hybridized carbons (Fsp3) is 0.308. The molecule has 1 N–H and O–H groups in total. The number of hydrogen-bond donors (Lipinski definition) is 1. The molecule has 0 spiro atoms. The molecule has 20 heavy (non-hydrogen) atoms. The van der Waals surface area contributed by atoms with Crippen LogP contribution in [0.3, 0.4) is 0 Å². The van der Waals surface area contributed by atoms with Crippen LogP contribution < -0.4 is 4.74 Å². The minimum absolute atomic E-state index is 0.172. The largest absolute Gasteiger partial charge is 0.510 e. The third kappa shape index (κ3) is 4.24. The number of nitrogens with zero attached hydrogens (tertiary/aromatic N) is 2. The number of ether oxygens (including phenoxy) is 2. The molecule has 0 aromatic heterocycles. The summed E-state index contributed by atoms with van der Waals surface area (Å²) in [7, 11) is 1.51. The first-order chi connectivity index (χ1) is 9.49. The monoisotopic (exact) mass is 298 g/mol. The van der Waals surface area contributed by atoms with Crippen molar-refractivity contribution >= 4 is 23.3 Å². The molecular formula is C13H15ClN2O4. The highest BCUT2D eigenvalue weighted by Crippen LogP contribution is 2.30. The van der Waals surface area contributed by atoms with Crippen molar-refractivity contribution in [2.75, 3.05) is 13.7 Å². The lowest BCUT2D eigenvalue weighted by atomic mass is 10.3. The van der Waals surface area contributed by atoms with E-state index in [-0.39, 0.29) is 18.1 Å². The number of allylic oxidation sites excluding steroid dienone is 1. The Balaban J connectivity index is 3.06. The van der Waals surface area contributed by atoms with Gasteiger partial charge in [-0.05, 0) is 26.0 Å². The fourth-order valence-corrected chi connectivity index (χ4v) is 1.42. The van der Waals surface area contributed by atoms with Crippen molar-refractivity contribution in [1.29, 1.82) is 0 Å². The summed E-state index contributed by atoms with van der Waals surface area (Å²) in [6, 6.07) is 4.82. The average molecular weight is 299 g/mol. The van der Waals surface area contributed by atoms with Crippen LogP contribution in [0.2, 0.25) is 5.02 Å². The van der Waals surface area contributed by atoms with Crippen LogP contribution in [0.5, 0.6) is 5.75 Å². The zero-order valence-corrected chi connectivity index (χ0v) is 12.1. The van der Waals surface area contributed by atoms with E-state index in [2.05, 4.69) is 10.2 Å². The molecule has 0 saturated carbocycles. The number of rotatable bonds is 5. The summed E-state index contributed by atoms with van der Waals surface area (Å²) < 4.78 is 9.80. The molecular weight excluding hydrogens is 284 g/mol. The predicted octanol–water partition coefficient (Wildman–Crippen LogP) is 3.78. The quantitative estimate of drug-likeness (QED) is 0.388. The number of aliphatic hydroxyl groups excluding tert-OH is 1. The lowest BCUT2D eigenvalue weighted by Gasteiger charge is -2.04. The molecule has 0 heterocycles. The van der Waals surface area contributed by atoms with Gasteiger partial charge in [0.1, 0.15) is 17.2 Å². The number of methoxy groups -OCH3 is 1. The number of aliphatic hydroxyl groups is 1. The van der Waals surface area contributed by atoms with E-state index in [1.54, 1.807) is 25.1 Å². The molecule has 0 amide bonds. The van der Waals surface area contributed by atoms with Crippen LogP contribution >= 0.6 is 11.6 Å². The summed E-state index contributed by atoms with van der Waals surface area (Å²) in [5, 5.41) is 17.3. The summed E-state index contributed by atoms with van der Waals surface area (Å²) >= 11 is 5.95. The molecule has 0 saturated heterocycles. The molecule has 0 unspecified atom stereocenters. The van der Waals surface area contributed by atoms with Gasteiger partial charge >= 0.3 is 5.97 Å². The van der Waals surface area contributed by atoms with Crippen LogP contribution in [0.4, 0.5) is 5.69 Å². The van der Waals surface area contributed by atoms with E-state index in [4.69, 9.17) is 21.1 Å². The zero-order valence-electron chi connectivity index (χ0n) is 11.4. The second-order valence-electron chi connectivity index (χ2n) is 3.67. The van der Waals surface area contributed by atoms with E-state index in [1.165, 1.54) is 14.0 Å². The minimum atomic E-state index is -0.754. The molecule has 0 aliphatic heterocycles. The Morgan fingerprint density at radius 1 is 1.45 bits per heavy atom. The Morgan fingerprint density at radius 3 is 2.70 bits per heavy atom. The summed E-state index contributed by atoms with van der Waals surface area (Å²) in [6.45, 7) is 3.14. The molecule has 108 valence electrons. The molecule has 1 aromatic rings. The van der Waals surface area contributed by atoms with E-state index in [1.807, 2.05) is 0 Å². The highest BCUT2D eigenvalue weighted by atomic mass is 35.5. The van der Waals surface area contributed by atoms with Gasteiger partial charge in [-0.15, -0.1) is 10.2 Å². The van der Waals surface area contributed by atoms with Crippen molar-refractivity contribution in [3.05, 3.63) is 34.7 Å². The first-order valence-electron chi connectivity index (χ1n) is 5.81. The molecule has 0 atom stereocenters. The van der Waals surface area contributed by atoms with Crippen molar-refractivity contribution in [1.82, 2.24) is 0 Å². The third-order valence-electron chi connectivity index (χ3n) is 2.22. The van der Waals surface area contributed by atoms with Crippen LogP contribution in [-0.2, 0) is 9.53 Å². The standard InChI is InChI=1S/C13H15ClN2O4/c1-4-20-13(18)12(8(2)17)16-15-11-7-9(19-3)5-6-10(11)14/h5-7,17H,4H2,1-3H3. The van der Waals surface area contributed by atoms with Crippen molar-refractivity contribution in [2.45, 2.75) is 13.8 Å². The summed E-state index contributed by atoms with van der Waals surface area (Å²) in [5.41, 5.74) is 0.0415. The number of halogens is 1. The minimum Gasteiger partial charge on any atom is -0.510 e. The Hall–Kier alpha value is -2.08. The maximum Gasteiger partial charge on any atom is 0.362 e. The molecule has 0 bridgehead atoms. The van der Waals surface area contributed by atoms with Gasteiger partial charge in [-0.25, -0.2) is 4.79 Å². The second-order valence-corrected chi connectivity index (χ2v) is 4.08. The van der Waals surface area contributed by atoms with Gasteiger partial charge in [-0.2, -0.15) is 0 Å². The molecule has 7 heteroatoms. The second kappa shape index (κ2) is 7.49. The third-order valence-corrected chi connectivity index (χ3v) is 2.54. The van der Waals surface area contributed by atoms with Crippen LogP contribution in [0.1, 0.15) is 13.8 Å². The van der Waals surface area contributed by atoms with Crippen LogP contribution in [0.15, 0.2) is 39.9 Å². The van der Waals surface area contributed by atoms with E-state index in [0.29, 0.717) is 16.5 Å². The van der Waals surface area contributed by atoms with E-state index < -0.39 is 5.97 Å². The fourth-order valence-electron chi connectivity index (χ4n) is 1.26. The lowest BCUT2D eigenvalue weighted by Crippen LogP contribution is -2.07. The Labute approximate surface area is 121 Å². The van der Waals surface area contributed by atoms with E-state index in [0.717, 1.165) is 0 Å². The van der Waals surface area contributed by atoms with Gasteiger partial charge in [0.2, 0.25) is 5.70 Å². The molecule has 0 radical (unpaired) electrons. The molecule has 0 aliphatic rings. The van der Waals surface area contributed by atoms with Crippen molar-refractivity contribution in [3.8, 4) is 5.75 Å². The van der Waals surface area contributed by atoms with E-state index in [9.17, 15) is 9.90 Å². The Kier molecular flexibility index (Phi) is 5.99. The van der Waals surface area contributed by atoms with Gasteiger partial charge in [0, 0.05) is 6.07 Å². The first kappa shape index (κ1) is 16.0. The average Bonchev–Trinajstić information content (AvgIpc) is 2.41. The van der Waals surface area contributed by atoms with E-state index >= 15 is 0 Å². The molecule has 0 aliphatic carbocycles. The maximum absolute atomic E-state index is 11.6. The predicted molar refractivity (Wildman–Crippen MR) is 74.5 cm³/mol. The normalized spacial score (nSPS) is 12.2. The molecule has 1 aromatic carbocycles. The van der Waals surface area contributed by atoms with Gasteiger partial charge in [0.25, 0.3) is 0 Å². The zero-order chi connectivity index (χ0) is 15.1. The van der Waals surface area contributed by atoms with Crippen molar-refractivity contribution in [3.63, 3.8) is 0 Å². The van der Waals surface area contributed by atoms with Gasteiger partial charge in [-0.3, -0.25) is 0 Å². The van der Waals surface area contributed by atoms with Gasteiger partial charge in [0.15, 0.2) is 0 Å². The van der Waals surface area contributed by atoms with Gasteiger partial charge in [0.05, 0.1) is 18.7 Å². The van der Waals surface area contributed by atoms with Gasteiger partial charge in [-0.1, -0.05) is 11.6 Å². The summed E-state index contributed by atoms with van der Waals surface area (Å²) in [5.74, 6) is -0.493. The number of hydrogen-bond acceptors (Lipinski definition) is 6. The number of azo groups is 1. The summed E-state index contributed by atoms with van der Waals surface area (Å²) in [6.07, 6.45) is 0. The first-order valence-corrected chi connectivity index (χ1v) is 6.19. The lowest BCUT2D eigenvalue weighted by molar-refractivity contribution is -0.138. The van der Waals surface area contributed by atoms with Crippen LogP contribution in [-0.4, -0.2) is 24.8 Å². The molecule has 6 nitrogen and oxygen atoms in total. The number of esters is 1. The van der Waals surface area contributed by atoms with Crippen LogP contribution in [0, 0.1) is 0 Å². The number of benzene rings is 1. The van der Waals surface area contributed by atoms with Crippen molar-refractivity contribution in [2.24, 2.45) is 10.2 Å². The number of carbonyl (C=O) groups excluding carboxylic acids is 1. The van der Waals surface area contributed by atoms with Gasteiger partial charge < -0.3 is 14.6 Å². The smallest absolute Gasteiger partial charge is 0.362 e. The SMILES string of the molecule is CCOC(=O)C(N=Nc1cc(OC)ccc1Cl)=C(C)O. The maximum atomic E-state index is 11.6. The highest BCUT2D eigenvalue weighted by Gasteiger charge is 2.14. The van der Waals surface area contributed by atoms with Crippen LogP contribution in [0.25, 0.3) is 0 Å². The van der Waals surface area contributed by atoms with Crippen molar-refractivity contribution < 1.29 is 19.4 Å². The summed E-state index contributed by atoms with van der Waals surface area (Å²) in [4.78, 5) is 11.6. The molecule has 0 fully saturated rings.